The number of nitrogens with zero attached hydrogens (tertiary/aromatic N) is 2. The predicted molar refractivity (Wildman–Crippen MR) is 71.6 cm³/mol. The van der Waals surface area contributed by atoms with Crippen LogP contribution in [-0.2, 0) is 4.79 Å². The topological polar surface area (TPSA) is 104 Å². The van der Waals surface area contributed by atoms with Crippen molar-refractivity contribution in [3.63, 3.8) is 0 Å². The molecule has 0 aromatic heterocycles. The van der Waals surface area contributed by atoms with Gasteiger partial charge in [0.05, 0.1) is 16.6 Å². The molecule has 0 bridgehead atoms. The molecule has 1 aromatic carbocycles. The van der Waals surface area contributed by atoms with E-state index in [-0.39, 0.29) is 16.2 Å². The van der Waals surface area contributed by atoms with Crippen LogP contribution in [0.4, 0.5) is 5.69 Å². The Morgan fingerprint density at radius 3 is 2.84 bits per heavy atom. The smallest absolute Gasteiger partial charge is 0.312 e. The molecular weight excluding hydrogens is 268 g/mol. The number of carbonyl (C=O) groups is 1. The average molecular weight is 278 g/mol. The number of nitriles is 1. The lowest BCUT2D eigenvalue weighted by atomic mass is 10.1. The second-order valence-electron chi connectivity index (χ2n) is 3.51. The van der Waals surface area contributed by atoms with Crippen LogP contribution in [0.5, 0.6) is 5.75 Å². The third-order valence-corrected chi connectivity index (χ3v) is 2.89. The molecule has 0 fully saturated rings. The van der Waals surface area contributed by atoms with Gasteiger partial charge in [-0.25, -0.2) is 0 Å². The maximum absolute atomic E-state index is 10.7. The summed E-state index contributed by atoms with van der Waals surface area (Å²) in [4.78, 5) is 20.7. The zero-order chi connectivity index (χ0) is 14.4. The summed E-state index contributed by atoms with van der Waals surface area (Å²) >= 11 is 1.07. The van der Waals surface area contributed by atoms with Gasteiger partial charge in [0.15, 0.2) is 5.12 Å². The van der Waals surface area contributed by atoms with Gasteiger partial charge in [0.2, 0.25) is 5.75 Å². The Morgan fingerprint density at radius 1 is 1.63 bits per heavy atom. The first-order chi connectivity index (χ1) is 8.95. The fourth-order valence-electron chi connectivity index (χ4n) is 1.31. The minimum atomic E-state index is -0.752. The number of hydrogen-bond donors (Lipinski definition) is 1. The molecule has 1 rings (SSSR count). The number of phenolic OH excluding ortho intramolecular Hbond substituents is 1. The summed E-state index contributed by atoms with van der Waals surface area (Å²) in [5.41, 5.74) is -0.254. The van der Waals surface area contributed by atoms with Gasteiger partial charge in [-0.15, -0.1) is 0 Å². The third-order valence-electron chi connectivity index (χ3n) is 2.13. The zero-order valence-electron chi connectivity index (χ0n) is 9.99. The van der Waals surface area contributed by atoms with Crippen molar-refractivity contribution < 1.29 is 14.8 Å². The molecule has 0 saturated heterocycles. The molecule has 19 heavy (non-hydrogen) atoms. The maximum Gasteiger partial charge on any atom is 0.312 e. The summed E-state index contributed by atoms with van der Waals surface area (Å²) < 4.78 is 0. The molecule has 0 heterocycles. The Kier molecular flexibility index (Phi) is 5.09. The number of phenols is 1. The monoisotopic (exact) mass is 278 g/mol. The zero-order valence-corrected chi connectivity index (χ0v) is 10.8. The molecule has 0 radical (unpaired) electrons. The van der Waals surface area contributed by atoms with Crippen molar-refractivity contribution >= 4 is 28.6 Å². The minimum absolute atomic E-state index is 0.0503. The predicted octanol–water partition coefficient (Wildman–Crippen LogP) is 2.46. The quantitative estimate of drug-likeness (QED) is 0.670. The molecule has 7 heteroatoms. The Labute approximate surface area is 113 Å². The molecular formula is C12H10N2O4S. The van der Waals surface area contributed by atoms with Crippen LogP contribution in [0, 0.1) is 21.4 Å². The molecule has 0 saturated carbocycles. The highest BCUT2D eigenvalue weighted by molar-refractivity contribution is 8.13. The first-order valence-corrected chi connectivity index (χ1v) is 6.15. The van der Waals surface area contributed by atoms with Crippen LogP contribution >= 0.6 is 11.8 Å². The Bertz CT molecular complexity index is 590. The van der Waals surface area contributed by atoms with Gasteiger partial charge in [0, 0.05) is 24.3 Å². The minimum Gasteiger partial charge on any atom is -0.502 e. The average Bonchev–Trinajstić information content (AvgIpc) is 2.35. The van der Waals surface area contributed by atoms with Crippen LogP contribution in [0.25, 0.3) is 6.08 Å². The van der Waals surface area contributed by atoms with Crippen LogP contribution in [0.15, 0.2) is 18.2 Å². The maximum atomic E-state index is 10.7. The molecule has 0 unspecified atom stereocenters. The molecule has 0 aliphatic rings. The van der Waals surface area contributed by atoms with Crippen molar-refractivity contribution in [1.82, 2.24) is 0 Å². The second kappa shape index (κ2) is 6.56. The van der Waals surface area contributed by atoms with Crippen LogP contribution in [-0.4, -0.2) is 20.9 Å². The number of hydrogen-bond acceptors (Lipinski definition) is 6. The summed E-state index contributed by atoms with van der Waals surface area (Å²) in [6, 6.07) is 4.15. The van der Waals surface area contributed by atoms with Crippen molar-refractivity contribution in [1.29, 1.82) is 5.26 Å². The lowest BCUT2D eigenvalue weighted by molar-refractivity contribution is -0.385. The largest absolute Gasteiger partial charge is 0.502 e. The fraction of sp³-hybridized carbons (Fsp3) is 0.167. The number of nitro benzene ring substituents is 1. The third kappa shape index (κ3) is 4.12. The summed E-state index contributed by atoms with van der Waals surface area (Å²) in [6.45, 7) is 1.43. The van der Waals surface area contributed by atoms with E-state index in [1.807, 2.05) is 0 Å². The van der Waals surface area contributed by atoms with Crippen molar-refractivity contribution in [2.24, 2.45) is 0 Å². The number of benzene rings is 1. The summed E-state index contributed by atoms with van der Waals surface area (Å²) in [6.07, 6.45) is 3.03. The normalized spacial score (nSPS) is 10.3. The molecule has 6 nitrogen and oxygen atoms in total. The van der Waals surface area contributed by atoms with E-state index in [2.05, 4.69) is 0 Å². The van der Waals surface area contributed by atoms with Crippen LogP contribution in [0.2, 0.25) is 0 Å². The highest BCUT2D eigenvalue weighted by Crippen LogP contribution is 2.32. The van der Waals surface area contributed by atoms with Gasteiger partial charge in [-0.05, 0) is 6.07 Å². The van der Waals surface area contributed by atoms with Crippen molar-refractivity contribution in [3.8, 4) is 11.8 Å². The number of nitro groups is 1. The standard InChI is InChI=1S/C12H10N2O4S/c1-8(15)19-4-2-3-10-5-9(7-13)6-11(12(10)16)14(17)18/h2-3,5-6,16H,4H2,1H3. The number of carbonyl (C=O) groups excluding carboxylic acids is 1. The van der Waals surface area contributed by atoms with Gasteiger partial charge in [-0.1, -0.05) is 23.9 Å². The van der Waals surface area contributed by atoms with Gasteiger partial charge in [0.1, 0.15) is 0 Å². The van der Waals surface area contributed by atoms with Crippen molar-refractivity contribution in [2.45, 2.75) is 6.92 Å². The molecule has 1 N–H and O–H groups in total. The van der Waals surface area contributed by atoms with Crippen molar-refractivity contribution in [2.75, 3.05) is 5.75 Å². The molecule has 0 aliphatic heterocycles. The lowest BCUT2D eigenvalue weighted by Gasteiger charge is -2.01. The van der Waals surface area contributed by atoms with E-state index in [0.717, 1.165) is 17.8 Å². The summed E-state index contributed by atoms with van der Waals surface area (Å²) in [5, 5.41) is 29.2. The Morgan fingerprint density at radius 2 is 2.32 bits per heavy atom. The van der Waals surface area contributed by atoms with Gasteiger partial charge >= 0.3 is 5.69 Å². The van der Waals surface area contributed by atoms with E-state index in [0.29, 0.717) is 5.75 Å². The Balaban J connectivity index is 3.06. The van der Waals surface area contributed by atoms with Gasteiger partial charge < -0.3 is 5.11 Å². The second-order valence-corrected chi connectivity index (χ2v) is 4.70. The Hall–Kier alpha value is -2.33. The van der Waals surface area contributed by atoms with Crippen LogP contribution < -0.4 is 0 Å². The lowest BCUT2D eigenvalue weighted by Crippen LogP contribution is -1.92. The van der Waals surface area contributed by atoms with Gasteiger partial charge in [-0.3, -0.25) is 14.9 Å². The van der Waals surface area contributed by atoms with E-state index in [9.17, 15) is 20.0 Å². The highest BCUT2D eigenvalue weighted by Gasteiger charge is 2.17. The van der Waals surface area contributed by atoms with Gasteiger partial charge in [0.25, 0.3) is 0 Å². The molecule has 0 amide bonds. The molecule has 0 spiro atoms. The first-order valence-electron chi connectivity index (χ1n) is 5.17. The van der Waals surface area contributed by atoms with E-state index in [4.69, 9.17) is 5.26 Å². The summed E-state index contributed by atoms with van der Waals surface area (Å²) in [7, 11) is 0. The molecule has 98 valence electrons. The summed E-state index contributed by atoms with van der Waals surface area (Å²) in [5.74, 6) is -0.104. The molecule has 0 aliphatic carbocycles. The molecule has 0 atom stereocenters. The van der Waals surface area contributed by atoms with Gasteiger partial charge in [-0.2, -0.15) is 5.26 Å². The fourth-order valence-corrected chi connectivity index (χ4v) is 1.74. The SMILES string of the molecule is CC(=O)SCC=Cc1cc(C#N)cc([N+](=O)[O-])c1O. The number of thioether (sulfide) groups is 1. The number of rotatable bonds is 4. The van der Waals surface area contributed by atoms with Crippen LogP contribution in [0.1, 0.15) is 18.1 Å². The van der Waals surface area contributed by atoms with E-state index in [1.54, 1.807) is 12.1 Å². The number of aromatic hydroxyl groups is 1. The highest BCUT2D eigenvalue weighted by atomic mass is 32.2. The first kappa shape index (κ1) is 14.7. The van der Waals surface area contributed by atoms with Crippen molar-refractivity contribution in [3.05, 3.63) is 39.4 Å². The van der Waals surface area contributed by atoms with E-state index >= 15 is 0 Å². The molecule has 1 aromatic rings. The van der Waals surface area contributed by atoms with E-state index < -0.39 is 16.4 Å². The van der Waals surface area contributed by atoms with Crippen LogP contribution in [0.3, 0.4) is 0 Å². The van der Waals surface area contributed by atoms with E-state index in [1.165, 1.54) is 19.1 Å².